The van der Waals surface area contributed by atoms with Crippen molar-refractivity contribution in [2.45, 2.75) is 127 Å². The van der Waals surface area contributed by atoms with Crippen molar-refractivity contribution < 1.29 is 28.8 Å². The molecule has 0 saturated carbocycles. The molecule has 4 heterocycles. The van der Waals surface area contributed by atoms with Gasteiger partial charge in [0.15, 0.2) is 0 Å². The Labute approximate surface area is 363 Å². The zero-order chi connectivity index (χ0) is 43.5. The van der Waals surface area contributed by atoms with Crippen molar-refractivity contribution in [1.82, 2.24) is 25.8 Å². The number of Topliss-reactive ketones (excluding diaryl/α,β-unsaturated/α-hetero) is 1. The molecule has 4 saturated heterocycles. The van der Waals surface area contributed by atoms with E-state index in [1.807, 2.05) is 83.1 Å². The maximum atomic E-state index is 13.9. The third-order valence-corrected chi connectivity index (χ3v) is 15.4. The van der Waals surface area contributed by atoms with Gasteiger partial charge >= 0.3 is 0 Å². The van der Waals surface area contributed by atoms with E-state index in [0.717, 1.165) is 29.7 Å². The summed E-state index contributed by atoms with van der Waals surface area (Å²) in [6.07, 6.45) is 4.22. The molecular formula is C45H63N7O6S2. The number of carbonyl (C=O) groups is 6. The third kappa shape index (κ3) is 10.1. The number of ketones is 1. The molecule has 60 heavy (non-hydrogen) atoms. The van der Waals surface area contributed by atoms with Crippen LogP contribution >= 0.6 is 23.5 Å². The molecule has 0 radical (unpaired) electrons. The van der Waals surface area contributed by atoms with Gasteiger partial charge < -0.3 is 36.4 Å². The maximum absolute atomic E-state index is 13.9. The van der Waals surface area contributed by atoms with E-state index in [-0.39, 0.29) is 58.5 Å². The van der Waals surface area contributed by atoms with Crippen molar-refractivity contribution in [2.24, 2.45) is 16.7 Å². The average molecular weight is 862 g/mol. The Morgan fingerprint density at radius 3 is 1.60 bits per heavy atom. The van der Waals surface area contributed by atoms with Crippen LogP contribution in [0.5, 0.6) is 0 Å². The zero-order valence-electron chi connectivity index (χ0n) is 36.3. The summed E-state index contributed by atoms with van der Waals surface area (Å²) >= 11 is 3.38. The van der Waals surface area contributed by atoms with Gasteiger partial charge in [-0.1, -0.05) is 52.0 Å². The van der Waals surface area contributed by atoms with E-state index in [2.05, 4.69) is 26.6 Å². The number of benzene rings is 2. The number of anilines is 2. The fraction of sp³-hybridized carbons (Fsp3) is 0.600. The molecule has 0 unspecified atom stereocenters. The molecule has 0 aliphatic carbocycles. The first kappa shape index (κ1) is 45.6. The lowest BCUT2D eigenvalue weighted by atomic mass is 9.83. The highest BCUT2D eigenvalue weighted by molar-refractivity contribution is 8.00. The van der Waals surface area contributed by atoms with Gasteiger partial charge in [-0.15, -0.1) is 23.5 Å². The van der Waals surface area contributed by atoms with Crippen LogP contribution in [0.15, 0.2) is 48.5 Å². The fourth-order valence-electron chi connectivity index (χ4n) is 9.04. The molecule has 0 aromatic heterocycles. The van der Waals surface area contributed by atoms with Crippen molar-refractivity contribution >= 4 is 70.2 Å². The van der Waals surface area contributed by atoms with Crippen LogP contribution in [0.2, 0.25) is 0 Å². The highest BCUT2D eigenvalue weighted by atomic mass is 32.2. The Balaban J connectivity index is 1.04. The predicted molar refractivity (Wildman–Crippen MR) is 239 cm³/mol. The fourth-order valence-corrected chi connectivity index (χ4v) is 12.2. The first-order chi connectivity index (χ1) is 28.4. The lowest BCUT2D eigenvalue weighted by Crippen LogP contribution is -2.57. The quantitative estimate of drug-likeness (QED) is 0.178. The highest BCUT2D eigenvalue weighted by Gasteiger charge is 2.56. The second-order valence-corrected chi connectivity index (χ2v) is 20.8. The molecule has 15 heteroatoms. The topological polar surface area (TPSA) is 169 Å². The molecule has 5 amide bonds. The van der Waals surface area contributed by atoms with Gasteiger partial charge in [0.2, 0.25) is 29.5 Å². The lowest BCUT2D eigenvalue weighted by Gasteiger charge is -2.34. The van der Waals surface area contributed by atoms with Gasteiger partial charge in [-0.25, -0.2) is 0 Å². The number of hydrogen-bond acceptors (Lipinski definition) is 10. The minimum absolute atomic E-state index is 0.00679. The van der Waals surface area contributed by atoms with Crippen molar-refractivity contribution in [1.29, 1.82) is 0 Å². The molecule has 0 bridgehead atoms. The average Bonchev–Trinajstić information content (AvgIpc) is 3.53. The summed E-state index contributed by atoms with van der Waals surface area (Å²) in [5, 5.41) is 14.7. The number of carbonyl (C=O) groups excluding carboxylic acids is 6. The number of thioether (sulfide) groups is 2. The van der Waals surface area contributed by atoms with Gasteiger partial charge in [0.25, 0.3) is 0 Å². The molecule has 4 aliphatic rings. The van der Waals surface area contributed by atoms with Crippen molar-refractivity contribution in [2.75, 3.05) is 36.2 Å². The Morgan fingerprint density at radius 1 is 0.683 bits per heavy atom. The first-order valence-corrected chi connectivity index (χ1v) is 23.4. The Kier molecular flexibility index (Phi) is 14.4. The molecule has 2 aromatic carbocycles. The zero-order valence-corrected chi connectivity index (χ0v) is 37.9. The summed E-state index contributed by atoms with van der Waals surface area (Å²) < 4.78 is 0. The Hall–Kier alpha value is -3.92. The second kappa shape index (κ2) is 19.0. The third-order valence-electron chi connectivity index (χ3n) is 12.9. The molecule has 0 spiro atoms. The molecule has 5 N–H and O–H groups in total. The summed E-state index contributed by atoms with van der Waals surface area (Å²) in [5.41, 5.74) is 2.61. The summed E-state index contributed by atoms with van der Waals surface area (Å²) in [4.78, 5) is 84.6. The van der Waals surface area contributed by atoms with E-state index in [0.29, 0.717) is 42.8 Å². The molecule has 6 rings (SSSR count). The smallest absolute Gasteiger partial charge is 0.247 e. The van der Waals surface area contributed by atoms with E-state index < -0.39 is 40.9 Å². The van der Waals surface area contributed by atoms with Crippen LogP contribution in [0.4, 0.5) is 11.4 Å². The van der Waals surface area contributed by atoms with Crippen LogP contribution in [0.3, 0.4) is 0 Å². The van der Waals surface area contributed by atoms with Crippen LogP contribution in [-0.4, -0.2) is 112 Å². The summed E-state index contributed by atoms with van der Waals surface area (Å²) in [5.74, 6) is 0.0433. The second-order valence-electron chi connectivity index (χ2n) is 18.2. The van der Waals surface area contributed by atoms with Crippen molar-refractivity contribution in [3.05, 3.63) is 59.7 Å². The molecule has 8 atom stereocenters. The number of fused-ring (bicyclic) bond motifs is 2. The maximum Gasteiger partial charge on any atom is 0.247 e. The van der Waals surface area contributed by atoms with Gasteiger partial charge in [-0.3, -0.25) is 28.8 Å². The number of hydrogen-bond donors (Lipinski definition) is 5. The van der Waals surface area contributed by atoms with E-state index in [4.69, 9.17) is 0 Å². The number of aryl methyl sites for hydroxylation is 2. The highest BCUT2D eigenvalue weighted by Crippen LogP contribution is 2.48. The first-order valence-electron chi connectivity index (χ1n) is 21.3. The van der Waals surface area contributed by atoms with Gasteiger partial charge in [-0.2, -0.15) is 0 Å². The van der Waals surface area contributed by atoms with E-state index in [1.54, 1.807) is 54.3 Å². The van der Waals surface area contributed by atoms with Crippen LogP contribution in [-0.2, 0) is 41.6 Å². The summed E-state index contributed by atoms with van der Waals surface area (Å²) in [6.45, 7) is 11.7. The molecule has 2 aromatic rings. The van der Waals surface area contributed by atoms with Gasteiger partial charge in [0.05, 0.1) is 22.8 Å². The SMILES string of the molecule is CN[C@@H](C)C(=O)C[C@H]1CCS[C@H]2CC(C)(C)[C@@H](C(=O)Nc3ccc(CCc4ccc(NC(=O)[C@H]5N6C(=O)[C@@H](NC(=O)[C@H](C)NC)CCS[C@H]6CC5(C)C)cc4)cc3)N2C1=O. The summed E-state index contributed by atoms with van der Waals surface area (Å²) in [6, 6.07) is 12.8. The van der Waals surface area contributed by atoms with Gasteiger partial charge in [0, 0.05) is 23.7 Å². The van der Waals surface area contributed by atoms with Crippen LogP contribution in [0, 0.1) is 16.7 Å². The molecule has 13 nitrogen and oxygen atoms in total. The number of amides is 5. The Morgan fingerprint density at radius 2 is 1.13 bits per heavy atom. The number of rotatable bonds is 14. The monoisotopic (exact) mass is 861 g/mol. The molecule has 4 fully saturated rings. The van der Waals surface area contributed by atoms with E-state index in [9.17, 15) is 28.8 Å². The predicted octanol–water partition coefficient (Wildman–Crippen LogP) is 4.81. The van der Waals surface area contributed by atoms with Crippen LogP contribution in [0.25, 0.3) is 0 Å². The Bertz CT molecular complexity index is 1790. The number of likely N-dealkylation sites (N-methyl/N-ethyl adjacent to an activating group) is 2. The normalized spacial score (nSPS) is 26.9. The summed E-state index contributed by atoms with van der Waals surface area (Å²) in [7, 11) is 3.44. The van der Waals surface area contributed by atoms with Gasteiger partial charge in [-0.05, 0) is 124 Å². The van der Waals surface area contributed by atoms with Crippen molar-refractivity contribution in [3.8, 4) is 0 Å². The standard InChI is InChI=1S/C45H63N7O6S2/c1-26(46-7)34(53)23-30-19-21-59-35-24-44(3,4)37(51(35)42(30)57)40(55)48-31-15-11-28(12-16-31)9-10-29-13-17-32(18-14-29)49-41(56)38-45(5,6)25-36-52(38)43(58)33(20-22-60-36)50-39(54)27(2)47-8/h11-18,26-27,30,33,35-38,46-47H,9-10,19-25H2,1-8H3,(H,48,55)(H,49,56)(H,50,54)/t26-,27-,30+,33-,35-,36-,37+,38+/m0/s1. The minimum atomic E-state index is -0.687. The lowest BCUT2D eigenvalue weighted by molar-refractivity contribution is -0.143. The van der Waals surface area contributed by atoms with Crippen LogP contribution in [0.1, 0.15) is 84.8 Å². The number of nitrogens with zero attached hydrogens (tertiary/aromatic N) is 2. The van der Waals surface area contributed by atoms with E-state index >= 15 is 0 Å². The largest absolute Gasteiger partial charge is 0.343 e. The van der Waals surface area contributed by atoms with Crippen LogP contribution < -0.4 is 26.6 Å². The molecular weight excluding hydrogens is 799 g/mol. The van der Waals surface area contributed by atoms with Crippen molar-refractivity contribution in [3.63, 3.8) is 0 Å². The molecule has 4 aliphatic heterocycles. The molecule has 326 valence electrons. The van der Waals surface area contributed by atoms with E-state index in [1.165, 1.54) is 0 Å². The minimum Gasteiger partial charge on any atom is -0.343 e. The van der Waals surface area contributed by atoms with Gasteiger partial charge in [0.1, 0.15) is 23.9 Å². The number of nitrogens with one attached hydrogen (secondary N) is 5.